The zero-order valence-electron chi connectivity index (χ0n) is 14.9. The van der Waals surface area contributed by atoms with Crippen LogP contribution in [-0.4, -0.2) is 70.2 Å². The molecule has 134 valence electrons. The molecule has 2 aliphatic rings. The van der Waals surface area contributed by atoms with Gasteiger partial charge in [0, 0.05) is 39.5 Å². The molecule has 0 unspecified atom stereocenters. The normalized spacial score (nSPS) is 22.6. The first kappa shape index (κ1) is 16.5. The minimum atomic E-state index is -0.0626. The van der Waals surface area contributed by atoms with Crippen LogP contribution < -0.4 is 0 Å². The smallest absolute Gasteiger partial charge is 0.258 e. The third-order valence-corrected chi connectivity index (χ3v) is 5.36. The number of rotatable bonds is 3. The van der Waals surface area contributed by atoms with Crippen molar-refractivity contribution in [3.8, 4) is 0 Å². The number of amides is 1. The van der Waals surface area contributed by atoms with Gasteiger partial charge < -0.3 is 9.64 Å². The number of likely N-dealkylation sites (tertiary alicyclic amines) is 1. The van der Waals surface area contributed by atoms with E-state index < -0.39 is 0 Å². The Bertz CT molecular complexity index is 766. The third-order valence-electron chi connectivity index (χ3n) is 5.36. The van der Waals surface area contributed by atoms with Crippen LogP contribution in [0.1, 0.15) is 47.8 Å². The number of fused-ring (bicyclic) bond motifs is 1. The van der Waals surface area contributed by atoms with Gasteiger partial charge in [-0.2, -0.15) is 5.10 Å². The van der Waals surface area contributed by atoms with E-state index in [0.29, 0.717) is 23.3 Å². The van der Waals surface area contributed by atoms with Crippen molar-refractivity contribution in [2.24, 2.45) is 0 Å². The van der Waals surface area contributed by atoms with E-state index in [-0.39, 0.29) is 5.91 Å². The van der Waals surface area contributed by atoms with Crippen LogP contribution in [0.5, 0.6) is 0 Å². The van der Waals surface area contributed by atoms with Gasteiger partial charge in [-0.05, 0) is 38.3 Å². The van der Waals surface area contributed by atoms with E-state index in [9.17, 15) is 4.79 Å². The molecule has 0 spiro atoms. The summed E-state index contributed by atoms with van der Waals surface area (Å²) >= 11 is 0. The van der Waals surface area contributed by atoms with E-state index in [1.807, 2.05) is 10.6 Å². The summed E-state index contributed by atoms with van der Waals surface area (Å²) in [5.74, 6) is -0.0626. The minimum Gasteiger partial charge on any atom is -0.381 e. The van der Waals surface area contributed by atoms with Gasteiger partial charge in [0.1, 0.15) is 5.56 Å². The topological polar surface area (TPSA) is 63.0 Å². The highest BCUT2D eigenvalue weighted by atomic mass is 16.5. The zero-order chi connectivity index (χ0) is 17.4. The Morgan fingerprint density at radius 2 is 2.08 bits per heavy atom. The van der Waals surface area contributed by atoms with Crippen molar-refractivity contribution in [3.05, 3.63) is 29.7 Å². The lowest BCUT2D eigenvalue weighted by Gasteiger charge is -2.35. The van der Waals surface area contributed by atoms with Crippen LogP contribution in [0.4, 0.5) is 0 Å². The van der Waals surface area contributed by atoms with Gasteiger partial charge in [0.15, 0.2) is 5.65 Å². The lowest BCUT2D eigenvalue weighted by Crippen LogP contribution is -2.39. The third kappa shape index (κ3) is 2.91. The fourth-order valence-electron chi connectivity index (χ4n) is 4.11. The number of ether oxygens (including phenoxy) is 1. The highest BCUT2D eigenvalue weighted by molar-refractivity contribution is 5.99. The molecule has 0 bridgehead atoms. The molecule has 2 aromatic rings. The first-order valence-corrected chi connectivity index (χ1v) is 9.04. The monoisotopic (exact) mass is 343 g/mol. The molecule has 2 aliphatic heterocycles. The maximum Gasteiger partial charge on any atom is 0.258 e. The number of hydrogen-bond acceptors (Lipinski definition) is 5. The molecule has 0 N–H and O–H groups in total. The molecule has 25 heavy (non-hydrogen) atoms. The van der Waals surface area contributed by atoms with Crippen LogP contribution in [0.25, 0.3) is 5.65 Å². The van der Waals surface area contributed by atoms with Crippen LogP contribution in [0.2, 0.25) is 0 Å². The fourth-order valence-corrected chi connectivity index (χ4v) is 4.11. The summed E-state index contributed by atoms with van der Waals surface area (Å²) in [6.07, 6.45) is 7.94. The first-order valence-electron chi connectivity index (χ1n) is 9.04. The van der Waals surface area contributed by atoms with Crippen LogP contribution >= 0.6 is 0 Å². The molecule has 1 amide bonds. The summed E-state index contributed by atoms with van der Waals surface area (Å²) in [5, 5.41) is 4.50. The van der Waals surface area contributed by atoms with Crippen molar-refractivity contribution in [2.45, 2.75) is 37.8 Å². The first-order chi connectivity index (χ1) is 12.2. The summed E-state index contributed by atoms with van der Waals surface area (Å²) < 4.78 is 7.39. The van der Waals surface area contributed by atoms with Gasteiger partial charge in [0.25, 0.3) is 5.91 Å². The van der Waals surface area contributed by atoms with Gasteiger partial charge >= 0.3 is 0 Å². The second-order valence-corrected chi connectivity index (χ2v) is 7.10. The zero-order valence-corrected chi connectivity index (χ0v) is 14.9. The van der Waals surface area contributed by atoms with E-state index >= 15 is 0 Å². The number of aromatic nitrogens is 3. The van der Waals surface area contributed by atoms with Crippen molar-refractivity contribution >= 4 is 11.6 Å². The van der Waals surface area contributed by atoms with Gasteiger partial charge in [-0.15, -0.1) is 0 Å². The molecule has 7 nitrogen and oxygen atoms in total. The van der Waals surface area contributed by atoms with Gasteiger partial charge in [0.05, 0.1) is 17.9 Å². The summed E-state index contributed by atoms with van der Waals surface area (Å²) in [4.78, 5) is 21.0. The summed E-state index contributed by atoms with van der Waals surface area (Å²) in [6, 6.07) is 2.95. The van der Waals surface area contributed by atoms with E-state index in [1.54, 1.807) is 31.4 Å². The van der Waals surface area contributed by atoms with Crippen molar-refractivity contribution in [1.29, 1.82) is 0 Å². The highest BCUT2D eigenvalue weighted by Crippen LogP contribution is 2.36. The Morgan fingerprint density at radius 1 is 1.28 bits per heavy atom. The van der Waals surface area contributed by atoms with Gasteiger partial charge in [0.2, 0.25) is 0 Å². The number of hydrogen-bond donors (Lipinski definition) is 0. The molecular formula is C18H25N5O2. The fraction of sp³-hybridized carbons (Fsp3) is 0.611. The van der Waals surface area contributed by atoms with Crippen molar-refractivity contribution in [1.82, 2.24) is 24.4 Å². The van der Waals surface area contributed by atoms with E-state index in [2.05, 4.69) is 15.0 Å². The Hall–Kier alpha value is -1.99. The van der Waals surface area contributed by atoms with Crippen molar-refractivity contribution < 1.29 is 9.53 Å². The maximum absolute atomic E-state index is 12.4. The second kappa shape index (κ2) is 6.72. The average molecular weight is 343 g/mol. The predicted molar refractivity (Wildman–Crippen MR) is 93.5 cm³/mol. The molecule has 2 aromatic heterocycles. The van der Waals surface area contributed by atoms with Gasteiger partial charge in [-0.3, -0.25) is 9.69 Å². The molecule has 2 fully saturated rings. The molecule has 4 heterocycles. The summed E-state index contributed by atoms with van der Waals surface area (Å²) in [7, 11) is 3.50. The summed E-state index contributed by atoms with van der Waals surface area (Å²) in [6.45, 7) is 2.82. The molecule has 7 heteroatoms. The molecule has 0 radical (unpaired) electrons. The number of carbonyl (C=O) groups excluding carboxylic acids is 1. The lowest BCUT2D eigenvalue weighted by atomic mass is 10.0. The predicted octanol–water partition coefficient (Wildman–Crippen LogP) is 1.75. The summed E-state index contributed by atoms with van der Waals surface area (Å²) in [5.41, 5.74) is 2.34. The van der Waals surface area contributed by atoms with Gasteiger partial charge in [-0.1, -0.05) is 0 Å². The Balaban J connectivity index is 1.70. The lowest BCUT2D eigenvalue weighted by molar-refractivity contribution is 0.0282. The second-order valence-electron chi connectivity index (χ2n) is 7.10. The molecule has 0 aliphatic carbocycles. The average Bonchev–Trinajstić information content (AvgIpc) is 3.28. The number of carbonyl (C=O) groups is 1. The molecular weight excluding hydrogens is 318 g/mol. The van der Waals surface area contributed by atoms with Crippen molar-refractivity contribution in [3.63, 3.8) is 0 Å². The quantitative estimate of drug-likeness (QED) is 0.850. The largest absolute Gasteiger partial charge is 0.381 e. The SMILES string of the molecule is CN(C)C(=O)c1cnn2c([C@@H]3CCCN3C3CCOCC3)ccnc12. The van der Waals surface area contributed by atoms with Crippen LogP contribution in [-0.2, 0) is 4.74 Å². The maximum atomic E-state index is 12.4. The molecule has 1 atom stereocenters. The minimum absolute atomic E-state index is 0.0626. The van der Waals surface area contributed by atoms with Crippen molar-refractivity contribution in [2.75, 3.05) is 33.9 Å². The molecule has 4 rings (SSSR count). The van der Waals surface area contributed by atoms with E-state index in [4.69, 9.17) is 4.74 Å². The highest BCUT2D eigenvalue weighted by Gasteiger charge is 2.34. The van der Waals surface area contributed by atoms with Crippen LogP contribution in [0.15, 0.2) is 18.5 Å². The molecule has 0 saturated carbocycles. The van der Waals surface area contributed by atoms with Gasteiger partial charge in [-0.25, -0.2) is 9.50 Å². The number of nitrogens with zero attached hydrogens (tertiary/aromatic N) is 5. The van der Waals surface area contributed by atoms with Crippen LogP contribution in [0, 0.1) is 0 Å². The van der Waals surface area contributed by atoms with Crippen LogP contribution in [0.3, 0.4) is 0 Å². The Labute approximate surface area is 147 Å². The molecule has 2 saturated heterocycles. The van der Waals surface area contributed by atoms with E-state index in [0.717, 1.165) is 44.7 Å². The standard InChI is InChI=1S/C18H25N5O2/c1-21(2)18(24)14-12-20-23-16(5-8-19-17(14)23)15-4-3-9-22(15)13-6-10-25-11-7-13/h5,8,12-13,15H,3-4,6-7,9-11H2,1-2H3/t15-/m0/s1. The van der Waals surface area contributed by atoms with E-state index in [1.165, 1.54) is 6.42 Å². The Morgan fingerprint density at radius 3 is 2.84 bits per heavy atom. The molecule has 0 aromatic carbocycles. The Kier molecular flexibility index (Phi) is 4.43.